The molecule has 2 aromatic rings. The van der Waals surface area contributed by atoms with Crippen molar-refractivity contribution in [3.8, 4) is 17.2 Å². The van der Waals surface area contributed by atoms with Gasteiger partial charge in [0.15, 0.2) is 30.4 Å². The number of esters is 1. The molecule has 13 atom stereocenters. The Hall–Kier alpha value is -4.37. The smallest absolute Gasteiger partial charge is 0.316 e. The van der Waals surface area contributed by atoms with Gasteiger partial charge in [-0.05, 0) is 65.6 Å². The number of methoxy groups -OCH3 is 1. The molecule has 2 aromatic carbocycles. The Morgan fingerprint density at radius 1 is 0.852 bits per heavy atom. The molecular formula is C43H53NO17. The SMILES string of the molecule is COC(=O)[C@@H]1c2cc3c(c(O)c2[C@@H](O[C@H]2C[C@H](N(C)C)[C@H](O[C@H]4C[C@H](O)[C@H](O[C@H]5CCC(=O)[C@H](C)O5)[C@H](C)O4)[C@H](C)O2)C[C@@]1(O)CC(C)=O)C(=O)c1c(O)ccc(O)c1C3=O. The number of benzene rings is 2. The van der Waals surface area contributed by atoms with Crippen LogP contribution in [0.5, 0.6) is 17.2 Å². The number of likely N-dealkylation sites (N-methyl/N-ethyl adjacent to an activating group) is 1. The van der Waals surface area contributed by atoms with Crippen molar-refractivity contribution >= 4 is 29.1 Å². The molecule has 0 aromatic heterocycles. The first kappa shape index (κ1) is 44.7. The lowest BCUT2D eigenvalue weighted by molar-refractivity contribution is -0.324. The van der Waals surface area contributed by atoms with E-state index >= 15 is 0 Å². The van der Waals surface area contributed by atoms with E-state index in [9.17, 15) is 49.5 Å². The van der Waals surface area contributed by atoms with Gasteiger partial charge in [-0.2, -0.15) is 0 Å². The van der Waals surface area contributed by atoms with Gasteiger partial charge < -0.3 is 63.6 Å². The Morgan fingerprint density at radius 2 is 1.46 bits per heavy atom. The first-order valence-corrected chi connectivity index (χ1v) is 20.4. The number of carbonyl (C=O) groups is 5. The van der Waals surface area contributed by atoms with Crippen LogP contribution in [-0.2, 0) is 47.5 Å². The third kappa shape index (κ3) is 8.21. The van der Waals surface area contributed by atoms with Crippen molar-refractivity contribution in [2.24, 2.45) is 0 Å². The average Bonchev–Trinajstić information content (AvgIpc) is 3.17. The van der Waals surface area contributed by atoms with Crippen LogP contribution in [0.4, 0.5) is 0 Å². The molecule has 2 aliphatic carbocycles. The van der Waals surface area contributed by atoms with Crippen LogP contribution >= 0.6 is 0 Å². The normalized spacial score (nSPS) is 35.0. The van der Waals surface area contributed by atoms with Gasteiger partial charge in [-0.1, -0.05) is 0 Å². The highest BCUT2D eigenvalue weighted by atomic mass is 16.7. The summed E-state index contributed by atoms with van der Waals surface area (Å²) in [6.07, 6.45) is -8.43. The fraction of sp³-hybridized carbons (Fsp3) is 0.605. The van der Waals surface area contributed by atoms with E-state index in [4.69, 9.17) is 33.2 Å². The van der Waals surface area contributed by atoms with Crippen LogP contribution in [-0.4, -0.2) is 148 Å². The van der Waals surface area contributed by atoms with Crippen LogP contribution in [0.25, 0.3) is 0 Å². The summed E-state index contributed by atoms with van der Waals surface area (Å²) in [5.74, 6) is -7.06. The number of carbonyl (C=O) groups excluding carboxylic acids is 5. The fourth-order valence-electron chi connectivity index (χ4n) is 9.59. The van der Waals surface area contributed by atoms with Gasteiger partial charge in [0, 0.05) is 55.7 Å². The van der Waals surface area contributed by atoms with E-state index in [0.29, 0.717) is 12.8 Å². The summed E-state index contributed by atoms with van der Waals surface area (Å²) in [6.45, 7) is 6.38. The van der Waals surface area contributed by atoms with Gasteiger partial charge in [0.25, 0.3) is 0 Å². The third-order valence-electron chi connectivity index (χ3n) is 12.5. The highest BCUT2D eigenvalue weighted by molar-refractivity contribution is 6.31. The molecule has 0 amide bonds. The number of aromatic hydroxyl groups is 3. The van der Waals surface area contributed by atoms with Crippen LogP contribution < -0.4 is 0 Å². The summed E-state index contributed by atoms with van der Waals surface area (Å²) in [5.41, 5.74) is -4.44. The highest BCUT2D eigenvalue weighted by Gasteiger charge is 2.55. The summed E-state index contributed by atoms with van der Waals surface area (Å²) < 4.78 is 42.4. The number of nitrogens with zero attached hydrogens (tertiary/aromatic N) is 1. The zero-order valence-electron chi connectivity index (χ0n) is 35.0. The fourth-order valence-corrected chi connectivity index (χ4v) is 9.59. The number of phenols is 3. The number of ketones is 4. The van der Waals surface area contributed by atoms with Gasteiger partial charge in [-0.15, -0.1) is 0 Å². The maximum absolute atomic E-state index is 14.0. The predicted octanol–water partition coefficient (Wildman–Crippen LogP) is 2.43. The van der Waals surface area contributed by atoms with Gasteiger partial charge in [0.1, 0.15) is 47.3 Å². The molecule has 18 nitrogen and oxygen atoms in total. The van der Waals surface area contributed by atoms with Gasteiger partial charge >= 0.3 is 5.97 Å². The van der Waals surface area contributed by atoms with Gasteiger partial charge in [-0.25, -0.2) is 0 Å². The highest BCUT2D eigenvalue weighted by Crippen LogP contribution is 2.54. The minimum atomic E-state index is -2.18. The Kier molecular flexibility index (Phi) is 12.5. The molecule has 5 N–H and O–H groups in total. The molecule has 3 fully saturated rings. The van der Waals surface area contributed by atoms with Crippen LogP contribution in [0.1, 0.15) is 121 Å². The second-order valence-electron chi connectivity index (χ2n) is 17.0. The van der Waals surface area contributed by atoms with Crippen molar-refractivity contribution in [2.75, 3.05) is 21.2 Å². The van der Waals surface area contributed by atoms with E-state index < -0.39 is 155 Å². The molecule has 332 valence electrons. The van der Waals surface area contributed by atoms with Crippen LogP contribution in [0, 0.1) is 0 Å². The van der Waals surface area contributed by atoms with E-state index in [1.807, 2.05) is 19.0 Å². The monoisotopic (exact) mass is 855 g/mol. The van der Waals surface area contributed by atoms with E-state index in [2.05, 4.69) is 0 Å². The number of phenolic OH excluding ortho intramolecular Hbond substituents is 3. The Labute approximate surface area is 351 Å². The molecule has 5 aliphatic rings. The quantitative estimate of drug-likeness (QED) is 0.145. The van der Waals surface area contributed by atoms with Gasteiger partial charge in [0.2, 0.25) is 5.78 Å². The summed E-state index contributed by atoms with van der Waals surface area (Å²) in [4.78, 5) is 68.0. The zero-order chi connectivity index (χ0) is 44.4. The van der Waals surface area contributed by atoms with Crippen molar-refractivity contribution in [1.29, 1.82) is 0 Å². The number of rotatable bonds is 10. The largest absolute Gasteiger partial charge is 0.507 e. The Balaban J connectivity index is 1.17. The van der Waals surface area contributed by atoms with Gasteiger partial charge in [-0.3, -0.25) is 24.0 Å². The molecule has 61 heavy (non-hydrogen) atoms. The van der Waals surface area contributed by atoms with Crippen molar-refractivity contribution in [1.82, 2.24) is 4.90 Å². The summed E-state index contributed by atoms with van der Waals surface area (Å²) in [5, 5.41) is 56.7. The Bertz CT molecular complexity index is 2090. The van der Waals surface area contributed by atoms with E-state index in [1.54, 1.807) is 20.8 Å². The van der Waals surface area contributed by atoms with Crippen molar-refractivity contribution in [3.63, 3.8) is 0 Å². The molecule has 18 heteroatoms. The molecule has 0 radical (unpaired) electrons. The average molecular weight is 856 g/mol. The van der Waals surface area contributed by atoms with Crippen LogP contribution in [0.2, 0.25) is 0 Å². The molecule has 0 spiro atoms. The molecular weight excluding hydrogens is 802 g/mol. The first-order valence-electron chi connectivity index (χ1n) is 20.4. The molecule has 7 rings (SSSR count). The molecule has 0 saturated carbocycles. The second-order valence-corrected chi connectivity index (χ2v) is 17.0. The number of fused-ring (bicyclic) bond motifs is 3. The lowest BCUT2D eigenvalue weighted by atomic mass is 9.66. The van der Waals surface area contributed by atoms with Crippen LogP contribution in [0.15, 0.2) is 18.2 Å². The standard InChI is InChI=1S/C43H53NO17/c1-17(45)15-43(54)16-28(32-21(36(43)42(53)55-7)12-22-33(38(32)51)39(52)35-26(48)9-8-25(47)34(35)37(22)50)59-30-13-23(44(5)6)40(19(3)57-30)61-31-14-27(49)41(20(4)58-31)60-29-11-10-24(46)18(2)56-29/h8-9,12,18-20,23,27-31,36,40-41,47-49,51,54H,10-11,13-16H2,1-7H3/t18-,19-,20-,23-,27-,28-,29-,30-,31-,36-,40+,41+,43-/m0/s1. The zero-order valence-corrected chi connectivity index (χ0v) is 35.0. The van der Waals surface area contributed by atoms with Crippen molar-refractivity contribution < 1.29 is 82.7 Å². The molecule has 3 heterocycles. The van der Waals surface area contributed by atoms with E-state index in [1.165, 1.54) is 6.92 Å². The number of Topliss-reactive ketones (excluding diaryl/α,β-unsaturated/α-hetero) is 2. The maximum atomic E-state index is 14.0. The molecule has 0 unspecified atom stereocenters. The minimum absolute atomic E-state index is 0.0132. The summed E-state index contributed by atoms with van der Waals surface area (Å²) in [7, 11) is 4.72. The maximum Gasteiger partial charge on any atom is 0.316 e. The first-order chi connectivity index (χ1) is 28.7. The second kappa shape index (κ2) is 17.1. The lowest BCUT2D eigenvalue weighted by Crippen LogP contribution is -2.58. The topological polar surface area (TPSA) is 254 Å². The number of aliphatic hydroxyl groups excluding tert-OH is 1. The predicted molar refractivity (Wildman–Crippen MR) is 208 cm³/mol. The number of aliphatic hydroxyl groups is 2. The molecule has 3 aliphatic heterocycles. The lowest BCUT2D eigenvalue weighted by Gasteiger charge is -2.48. The van der Waals surface area contributed by atoms with Crippen molar-refractivity contribution in [3.05, 3.63) is 51.6 Å². The third-order valence-corrected chi connectivity index (χ3v) is 12.5. The van der Waals surface area contributed by atoms with Crippen molar-refractivity contribution in [2.45, 2.75) is 145 Å². The molecule has 0 bridgehead atoms. The molecule has 3 saturated heterocycles. The van der Waals surface area contributed by atoms with E-state index in [0.717, 1.165) is 25.3 Å². The van der Waals surface area contributed by atoms with Gasteiger partial charge in [0.05, 0.1) is 53.8 Å². The number of hydrogen-bond donors (Lipinski definition) is 5. The number of hydrogen-bond acceptors (Lipinski definition) is 18. The van der Waals surface area contributed by atoms with Crippen LogP contribution in [0.3, 0.4) is 0 Å². The Morgan fingerprint density at radius 3 is 2.05 bits per heavy atom. The van der Waals surface area contributed by atoms with E-state index in [-0.39, 0.29) is 29.8 Å². The summed E-state index contributed by atoms with van der Waals surface area (Å²) >= 11 is 0. The minimum Gasteiger partial charge on any atom is -0.507 e. The summed E-state index contributed by atoms with van der Waals surface area (Å²) in [6, 6.07) is 2.80. The number of ether oxygens (including phenoxy) is 7.